The van der Waals surface area contributed by atoms with Crippen molar-refractivity contribution in [3.05, 3.63) is 48.6 Å². The highest BCUT2D eigenvalue weighted by atomic mass is 16.7. The van der Waals surface area contributed by atoms with Gasteiger partial charge >= 0.3 is 0 Å². The van der Waals surface area contributed by atoms with Gasteiger partial charge in [0.15, 0.2) is 6.29 Å². The molecule has 9 nitrogen and oxygen atoms in total. The maximum atomic E-state index is 13.1. The van der Waals surface area contributed by atoms with E-state index < -0.39 is 49.5 Å². The molecule has 6 N–H and O–H groups in total. The molecule has 0 aliphatic carbocycles. The number of ether oxygens (including phenoxy) is 2. The van der Waals surface area contributed by atoms with Crippen molar-refractivity contribution in [2.24, 2.45) is 0 Å². The van der Waals surface area contributed by atoms with E-state index in [2.05, 4.69) is 55.6 Å². The van der Waals surface area contributed by atoms with E-state index in [1.54, 1.807) is 6.08 Å². The number of aliphatic hydroxyl groups is 5. The fourth-order valence-corrected chi connectivity index (χ4v) is 9.72. The third-order valence-corrected chi connectivity index (χ3v) is 14.6. The SMILES string of the molecule is CCCCCCCCCCCCCC/C=C\CCCCCCCCCCCC(=O)NC(COC1OC(CO)C(O)C(O)C1O)C(O)/C=C/CC/C=C/CC/C=C/CCCCCCCCCCCCCCCC. The van der Waals surface area contributed by atoms with Crippen LogP contribution in [0, 0.1) is 0 Å². The molecule has 1 saturated heterocycles. The van der Waals surface area contributed by atoms with Gasteiger partial charge in [0.2, 0.25) is 5.91 Å². The highest BCUT2D eigenvalue weighted by Crippen LogP contribution is 2.23. The van der Waals surface area contributed by atoms with E-state index in [0.717, 1.165) is 44.9 Å². The molecule has 1 amide bonds. The molecule has 7 atom stereocenters. The van der Waals surface area contributed by atoms with Crippen LogP contribution in [-0.2, 0) is 14.3 Å². The van der Waals surface area contributed by atoms with Crippen LogP contribution in [0.25, 0.3) is 0 Å². The molecule has 1 heterocycles. The lowest BCUT2D eigenvalue weighted by molar-refractivity contribution is -0.302. The first-order valence-corrected chi connectivity index (χ1v) is 30.9. The number of unbranched alkanes of at least 4 members (excludes halogenated alkanes) is 37. The molecule has 9 heteroatoms. The summed E-state index contributed by atoms with van der Waals surface area (Å²) < 4.78 is 11.3. The minimum Gasteiger partial charge on any atom is -0.394 e. The van der Waals surface area contributed by atoms with Crippen molar-refractivity contribution < 1.29 is 39.8 Å². The molecule has 0 saturated carbocycles. The number of allylic oxidation sites excluding steroid dienone is 7. The summed E-state index contributed by atoms with van der Waals surface area (Å²) in [7, 11) is 0. The topological polar surface area (TPSA) is 149 Å². The number of aliphatic hydroxyl groups excluding tert-OH is 5. The summed E-state index contributed by atoms with van der Waals surface area (Å²) in [5.74, 6) is -0.190. The number of rotatable bonds is 53. The van der Waals surface area contributed by atoms with Crippen molar-refractivity contribution >= 4 is 5.91 Å². The van der Waals surface area contributed by atoms with E-state index >= 15 is 0 Å². The van der Waals surface area contributed by atoms with Crippen molar-refractivity contribution in [1.29, 1.82) is 0 Å². The van der Waals surface area contributed by atoms with Crippen LogP contribution in [0.1, 0.15) is 290 Å². The molecule has 7 unspecified atom stereocenters. The molecule has 422 valence electrons. The summed E-state index contributed by atoms with van der Waals surface area (Å²) in [6.07, 6.45) is 63.3. The van der Waals surface area contributed by atoms with Gasteiger partial charge in [-0.3, -0.25) is 4.79 Å². The van der Waals surface area contributed by atoms with Crippen LogP contribution in [-0.4, -0.2) is 87.5 Å². The second-order valence-corrected chi connectivity index (χ2v) is 21.5. The van der Waals surface area contributed by atoms with E-state index in [9.17, 15) is 30.3 Å². The Labute approximate surface area is 444 Å². The molecule has 0 aromatic carbocycles. The molecule has 1 aliphatic rings. The van der Waals surface area contributed by atoms with Gasteiger partial charge in [-0.15, -0.1) is 0 Å². The van der Waals surface area contributed by atoms with E-state index in [1.807, 2.05) is 6.08 Å². The van der Waals surface area contributed by atoms with Gasteiger partial charge in [-0.2, -0.15) is 0 Å². The third kappa shape index (κ3) is 41.4. The zero-order chi connectivity index (χ0) is 52.2. The fourth-order valence-electron chi connectivity index (χ4n) is 9.72. The van der Waals surface area contributed by atoms with Crippen molar-refractivity contribution in [3.8, 4) is 0 Å². The summed E-state index contributed by atoms with van der Waals surface area (Å²) in [6.45, 7) is 3.79. The summed E-state index contributed by atoms with van der Waals surface area (Å²) in [5, 5.41) is 54.6. The molecule has 0 radical (unpaired) electrons. The smallest absolute Gasteiger partial charge is 0.220 e. The summed E-state index contributed by atoms with van der Waals surface area (Å²) in [4.78, 5) is 13.1. The van der Waals surface area contributed by atoms with Gasteiger partial charge in [0.1, 0.15) is 24.4 Å². The lowest BCUT2D eigenvalue weighted by atomic mass is 9.99. The van der Waals surface area contributed by atoms with Crippen molar-refractivity contribution in [2.75, 3.05) is 13.2 Å². The molecule has 1 fully saturated rings. The maximum absolute atomic E-state index is 13.1. The second-order valence-electron chi connectivity index (χ2n) is 21.5. The first kappa shape index (κ1) is 68.2. The predicted octanol–water partition coefficient (Wildman–Crippen LogP) is 15.7. The Balaban J connectivity index is 2.24. The monoisotopic (exact) mass is 1020 g/mol. The molecule has 0 aromatic rings. The quantitative estimate of drug-likeness (QED) is 0.0261. The van der Waals surface area contributed by atoms with Gasteiger partial charge in [-0.1, -0.05) is 262 Å². The number of hydrogen-bond acceptors (Lipinski definition) is 8. The van der Waals surface area contributed by atoms with Crippen molar-refractivity contribution in [3.63, 3.8) is 0 Å². The van der Waals surface area contributed by atoms with Crippen LogP contribution < -0.4 is 5.32 Å². The Morgan fingerprint density at radius 1 is 0.458 bits per heavy atom. The highest BCUT2D eigenvalue weighted by molar-refractivity contribution is 5.76. The molecule has 0 aromatic heterocycles. The summed E-state index contributed by atoms with van der Waals surface area (Å²) in [6, 6.07) is -0.831. The predicted molar refractivity (Wildman–Crippen MR) is 304 cm³/mol. The Bertz CT molecular complexity index is 1270. The summed E-state index contributed by atoms with van der Waals surface area (Å²) in [5.41, 5.74) is 0. The average Bonchev–Trinajstić information content (AvgIpc) is 3.38. The van der Waals surface area contributed by atoms with Gasteiger partial charge in [-0.05, 0) is 70.6 Å². The largest absolute Gasteiger partial charge is 0.394 e. The van der Waals surface area contributed by atoms with E-state index in [4.69, 9.17) is 9.47 Å². The maximum Gasteiger partial charge on any atom is 0.220 e. The van der Waals surface area contributed by atoms with Gasteiger partial charge in [0.05, 0.1) is 25.4 Å². The van der Waals surface area contributed by atoms with E-state index in [-0.39, 0.29) is 12.5 Å². The normalized spacial score (nSPS) is 19.5. The highest BCUT2D eigenvalue weighted by Gasteiger charge is 2.44. The molecule has 0 spiro atoms. The van der Waals surface area contributed by atoms with Crippen molar-refractivity contribution in [2.45, 2.75) is 333 Å². The van der Waals surface area contributed by atoms with Gasteiger partial charge < -0.3 is 40.3 Å². The van der Waals surface area contributed by atoms with Gasteiger partial charge in [-0.25, -0.2) is 0 Å². The zero-order valence-corrected chi connectivity index (χ0v) is 46.9. The first-order valence-electron chi connectivity index (χ1n) is 30.9. The molecule has 72 heavy (non-hydrogen) atoms. The third-order valence-electron chi connectivity index (χ3n) is 14.6. The van der Waals surface area contributed by atoms with Crippen LogP contribution in [0.4, 0.5) is 0 Å². The van der Waals surface area contributed by atoms with Crippen LogP contribution in [0.5, 0.6) is 0 Å². The van der Waals surface area contributed by atoms with E-state index in [1.165, 1.54) is 225 Å². The summed E-state index contributed by atoms with van der Waals surface area (Å²) >= 11 is 0. The van der Waals surface area contributed by atoms with Gasteiger partial charge in [0, 0.05) is 6.42 Å². The number of hydrogen-bond donors (Lipinski definition) is 6. The Morgan fingerprint density at radius 2 is 0.792 bits per heavy atom. The Hall–Kier alpha value is -1.85. The Kier molecular flexibility index (Phi) is 49.8. The standard InChI is InChI=1S/C63H117NO8/c1-3-5-7-9-11-13-15-17-19-21-23-25-27-29-31-33-35-37-39-41-43-45-47-49-51-53-59(67)64-56(55-71-63-62(70)61(69)60(68)58(54-65)72-63)57(66)52-50-48-46-44-42-40-38-36-34-32-30-28-26-24-22-20-18-16-14-12-10-8-6-4-2/h29,31,34,36,42,44,50,52,56-58,60-63,65-66,68-70H,3-28,30,32-33,35,37-41,43,45-49,51,53-55H2,1-2H3,(H,64,67)/b31-29-,36-34+,44-42+,52-50+. The lowest BCUT2D eigenvalue weighted by Crippen LogP contribution is -2.60. The van der Waals surface area contributed by atoms with E-state index in [0.29, 0.717) is 6.42 Å². The van der Waals surface area contributed by atoms with Crippen LogP contribution in [0.15, 0.2) is 48.6 Å². The van der Waals surface area contributed by atoms with Gasteiger partial charge in [0.25, 0.3) is 0 Å². The minimum absolute atomic E-state index is 0.190. The minimum atomic E-state index is -1.58. The molecule has 1 aliphatic heterocycles. The molecular weight excluding hydrogens is 899 g/mol. The molecule has 0 bridgehead atoms. The number of carbonyl (C=O) groups is 1. The number of amides is 1. The number of nitrogens with one attached hydrogen (secondary N) is 1. The fraction of sp³-hybridized carbons (Fsp3) is 0.857. The average molecular weight is 1020 g/mol. The zero-order valence-electron chi connectivity index (χ0n) is 46.9. The molecule has 1 rings (SSSR count). The Morgan fingerprint density at radius 3 is 1.17 bits per heavy atom. The first-order chi connectivity index (χ1) is 35.3. The number of carbonyl (C=O) groups excluding carboxylic acids is 1. The van der Waals surface area contributed by atoms with Crippen molar-refractivity contribution in [1.82, 2.24) is 5.32 Å². The van der Waals surface area contributed by atoms with Crippen LogP contribution in [0.3, 0.4) is 0 Å². The lowest BCUT2D eigenvalue weighted by Gasteiger charge is -2.40. The van der Waals surface area contributed by atoms with Crippen LogP contribution in [0.2, 0.25) is 0 Å². The second kappa shape index (κ2) is 52.6. The molecular formula is C63H117NO8. The van der Waals surface area contributed by atoms with Crippen LogP contribution >= 0.6 is 0 Å².